The number of nitrogens with one attached hydrogen (secondary N) is 2. The van der Waals surface area contributed by atoms with Crippen molar-refractivity contribution >= 4 is 11.8 Å². The Labute approximate surface area is 160 Å². The highest BCUT2D eigenvalue weighted by molar-refractivity contribution is 5.84. The predicted molar refractivity (Wildman–Crippen MR) is 104 cm³/mol. The van der Waals surface area contributed by atoms with Gasteiger partial charge in [-0.25, -0.2) is 0 Å². The Morgan fingerprint density at radius 2 is 1.74 bits per heavy atom. The maximum absolute atomic E-state index is 12.4. The molecule has 27 heavy (non-hydrogen) atoms. The normalized spacial score (nSPS) is 19.5. The second-order valence-corrected chi connectivity index (χ2v) is 7.90. The molecule has 3 rings (SSSR count). The Morgan fingerprint density at radius 3 is 2.41 bits per heavy atom. The Morgan fingerprint density at radius 1 is 1.04 bits per heavy atom. The number of hydrogen-bond donors (Lipinski definition) is 2. The van der Waals surface area contributed by atoms with E-state index in [0.29, 0.717) is 25.0 Å². The molecule has 1 saturated heterocycles. The summed E-state index contributed by atoms with van der Waals surface area (Å²) in [6.07, 6.45) is 11.0. The van der Waals surface area contributed by atoms with E-state index in [4.69, 9.17) is 0 Å². The summed E-state index contributed by atoms with van der Waals surface area (Å²) < 4.78 is 0. The smallest absolute Gasteiger partial charge is 0.248 e. The van der Waals surface area contributed by atoms with Gasteiger partial charge in [0.15, 0.2) is 0 Å². The minimum absolute atomic E-state index is 0.00801. The lowest BCUT2D eigenvalue weighted by Gasteiger charge is -2.32. The van der Waals surface area contributed by atoms with E-state index < -0.39 is 0 Å². The predicted octanol–water partition coefficient (Wildman–Crippen LogP) is 2.70. The number of rotatable bonds is 5. The van der Waals surface area contributed by atoms with Crippen LogP contribution in [0.3, 0.4) is 0 Å². The summed E-state index contributed by atoms with van der Waals surface area (Å²) in [6.45, 7) is 1.39. The Balaban J connectivity index is 1.39. The molecule has 0 unspecified atom stereocenters. The molecular weight excluding hydrogens is 342 g/mol. The zero-order valence-electron chi connectivity index (χ0n) is 16.0. The second-order valence-electron chi connectivity index (χ2n) is 7.90. The largest absolute Gasteiger partial charge is 0.353 e. The number of carbonyl (C=O) groups is 2. The summed E-state index contributed by atoms with van der Waals surface area (Å²) in [4.78, 5) is 40.6. The Kier molecular flexibility index (Phi) is 7.07. The molecular formula is C21H31N3O3. The standard InChI is InChI=1S/C21H31N3O3/c25-19(23-18-5-3-1-2-4-6-18)7-8-21(27)24-13-10-16(11-14-24)17-9-12-22-20(26)15-17/h9,12,15-16,18H,1-8,10-11,13-14H2,(H,22,26)(H,23,25). The highest BCUT2D eigenvalue weighted by Crippen LogP contribution is 2.27. The van der Waals surface area contributed by atoms with Gasteiger partial charge < -0.3 is 15.2 Å². The van der Waals surface area contributed by atoms with Crippen molar-refractivity contribution < 1.29 is 9.59 Å². The summed E-state index contributed by atoms with van der Waals surface area (Å²) in [5.41, 5.74) is 0.972. The van der Waals surface area contributed by atoms with Gasteiger partial charge >= 0.3 is 0 Å². The molecule has 148 valence electrons. The zero-order chi connectivity index (χ0) is 19.1. The van der Waals surface area contributed by atoms with Crippen molar-refractivity contribution in [3.63, 3.8) is 0 Å². The first-order valence-electron chi connectivity index (χ1n) is 10.4. The van der Waals surface area contributed by atoms with Crippen molar-refractivity contribution in [3.05, 3.63) is 34.2 Å². The molecule has 6 heteroatoms. The number of aromatic nitrogens is 1. The molecule has 1 aromatic heterocycles. The van der Waals surface area contributed by atoms with Crippen LogP contribution in [0, 0.1) is 0 Å². The molecule has 1 aliphatic heterocycles. The zero-order valence-corrected chi connectivity index (χ0v) is 16.0. The molecule has 0 radical (unpaired) electrons. The molecule has 6 nitrogen and oxygen atoms in total. The van der Waals surface area contributed by atoms with Gasteiger partial charge in [-0.15, -0.1) is 0 Å². The molecule has 2 aliphatic rings. The average molecular weight is 373 g/mol. The van der Waals surface area contributed by atoms with Gasteiger partial charge in [-0.05, 0) is 43.2 Å². The van der Waals surface area contributed by atoms with E-state index in [-0.39, 0.29) is 30.2 Å². The van der Waals surface area contributed by atoms with E-state index in [1.807, 2.05) is 11.0 Å². The fourth-order valence-corrected chi connectivity index (χ4v) is 4.28. The Bertz CT molecular complexity index is 684. The van der Waals surface area contributed by atoms with Crippen molar-refractivity contribution in [2.24, 2.45) is 0 Å². The minimum atomic E-state index is -0.0781. The summed E-state index contributed by atoms with van der Waals surface area (Å²) in [5.74, 6) is 0.402. The van der Waals surface area contributed by atoms with Gasteiger partial charge in [0.25, 0.3) is 0 Å². The first-order chi connectivity index (χ1) is 13.1. The highest BCUT2D eigenvalue weighted by Gasteiger charge is 2.24. The molecule has 0 bridgehead atoms. The van der Waals surface area contributed by atoms with Gasteiger partial charge in [0.2, 0.25) is 17.4 Å². The lowest BCUT2D eigenvalue weighted by Crippen LogP contribution is -2.39. The number of piperidine rings is 1. The molecule has 2 N–H and O–H groups in total. The number of carbonyl (C=O) groups excluding carboxylic acids is 2. The highest BCUT2D eigenvalue weighted by atomic mass is 16.2. The number of aromatic amines is 1. The van der Waals surface area contributed by atoms with Crippen LogP contribution in [-0.4, -0.2) is 40.8 Å². The van der Waals surface area contributed by atoms with Crippen LogP contribution >= 0.6 is 0 Å². The first kappa shape index (κ1) is 19.6. The molecule has 0 aromatic carbocycles. The molecule has 2 amide bonds. The van der Waals surface area contributed by atoms with Gasteiger partial charge in [0.1, 0.15) is 0 Å². The number of hydrogen-bond acceptors (Lipinski definition) is 3. The lowest BCUT2D eigenvalue weighted by atomic mass is 9.90. The number of likely N-dealkylation sites (tertiary alicyclic amines) is 1. The fraction of sp³-hybridized carbons (Fsp3) is 0.667. The first-order valence-corrected chi connectivity index (χ1v) is 10.4. The topological polar surface area (TPSA) is 82.3 Å². The van der Waals surface area contributed by atoms with E-state index >= 15 is 0 Å². The number of pyridine rings is 1. The molecule has 1 aliphatic carbocycles. The SMILES string of the molecule is O=C(CCC(=O)N1CCC(c2cc[nH]c(=O)c2)CC1)NC1CCCCCC1. The summed E-state index contributed by atoms with van der Waals surface area (Å²) in [7, 11) is 0. The average Bonchev–Trinajstić information content (AvgIpc) is 2.95. The summed E-state index contributed by atoms with van der Waals surface area (Å²) in [5, 5.41) is 3.11. The van der Waals surface area contributed by atoms with Gasteiger partial charge in [-0.3, -0.25) is 14.4 Å². The third-order valence-electron chi connectivity index (χ3n) is 5.90. The summed E-state index contributed by atoms with van der Waals surface area (Å²) in [6, 6.07) is 3.89. The quantitative estimate of drug-likeness (QED) is 0.779. The molecule has 2 heterocycles. The van der Waals surface area contributed by atoms with E-state index in [2.05, 4.69) is 10.3 Å². The van der Waals surface area contributed by atoms with Crippen LogP contribution in [0.5, 0.6) is 0 Å². The van der Waals surface area contributed by atoms with Gasteiger partial charge in [0, 0.05) is 44.2 Å². The van der Waals surface area contributed by atoms with E-state index in [0.717, 1.165) is 31.2 Å². The van der Waals surface area contributed by atoms with E-state index in [1.165, 1.54) is 25.7 Å². The fourth-order valence-electron chi connectivity index (χ4n) is 4.28. The lowest BCUT2D eigenvalue weighted by molar-refractivity contribution is -0.134. The monoisotopic (exact) mass is 373 g/mol. The summed E-state index contributed by atoms with van der Waals surface area (Å²) >= 11 is 0. The molecule has 2 fully saturated rings. The van der Waals surface area contributed by atoms with E-state index in [9.17, 15) is 14.4 Å². The van der Waals surface area contributed by atoms with E-state index in [1.54, 1.807) is 12.3 Å². The van der Waals surface area contributed by atoms with Crippen molar-refractivity contribution in [2.75, 3.05) is 13.1 Å². The van der Waals surface area contributed by atoms with Crippen LogP contribution in [-0.2, 0) is 9.59 Å². The molecule has 1 aromatic rings. The molecule has 0 spiro atoms. The maximum atomic E-state index is 12.4. The van der Waals surface area contributed by atoms with Crippen LogP contribution in [0.2, 0.25) is 0 Å². The van der Waals surface area contributed by atoms with Gasteiger partial charge in [-0.1, -0.05) is 25.7 Å². The van der Waals surface area contributed by atoms with Crippen LogP contribution in [0.4, 0.5) is 0 Å². The minimum Gasteiger partial charge on any atom is -0.353 e. The van der Waals surface area contributed by atoms with Gasteiger partial charge in [0.05, 0.1) is 0 Å². The number of nitrogens with zero attached hydrogens (tertiary/aromatic N) is 1. The second kappa shape index (κ2) is 9.72. The molecule has 1 saturated carbocycles. The van der Waals surface area contributed by atoms with Crippen LogP contribution < -0.4 is 10.9 Å². The van der Waals surface area contributed by atoms with Crippen LogP contribution in [0.25, 0.3) is 0 Å². The van der Waals surface area contributed by atoms with Crippen LogP contribution in [0.15, 0.2) is 23.1 Å². The van der Waals surface area contributed by atoms with Gasteiger partial charge in [-0.2, -0.15) is 0 Å². The number of amides is 2. The van der Waals surface area contributed by atoms with Crippen molar-refractivity contribution in [1.29, 1.82) is 0 Å². The maximum Gasteiger partial charge on any atom is 0.248 e. The van der Waals surface area contributed by atoms with Crippen molar-refractivity contribution in [3.8, 4) is 0 Å². The van der Waals surface area contributed by atoms with Crippen molar-refractivity contribution in [1.82, 2.24) is 15.2 Å². The third-order valence-corrected chi connectivity index (χ3v) is 5.90. The third kappa shape index (κ3) is 5.94. The van der Waals surface area contributed by atoms with Crippen LogP contribution in [0.1, 0.15) is 75.7 Å². The Hall–Kier alpha value is -2.11. The number of H-pyrrole nitrogens is 1. The van der Waals surface area contributed by atoms with Crippen molar-refractivity contribution in [2.45, 2.75) is 76.2 Å². The molecule has 0 atom stereocenters.